The smallest absolute Gasteiger partial charge is 0.164 e. The molecule has 2 rings (SSSR count). The first kappa shape index (κ1) is 12.6. The Labute approximate surface area is 107 Å². The highest BCUT2D eigenvalue weighted by atomic mass is 16.1. The Balaban J connectivity index is 2.50. The van der Waals surface area contributed by atoms with Crippen LogP contribution in [-0.2, 0) is 6.42 Å². The fraction of sp³-hybridized carbons (Fsp3) is 0.333. The van der Waals surface area contributed by atoms with Crippen LogP contribution in [0.3, 0.4) is 0 Å². The number of carbonyl (C=O) groups excluding carboxylic acids is 1. The van der Waals surface area contributed by atoms with Crippen molar-refractivity contribution >= 4 is 5.78 Å². The van der Waals surface area contributed by atoms with E-state index in [1.165, 1.54) is 0 Å². The molecule has 0 N–H and O–H groups in total. The lowest BCUT2D eigenvalue weighted by Gasteiger charge is -2.11. The molecule has 3 nitrogen and oxygen atoms in total. The van der Waals surface area contributed by atoms with Gasteiger partial charge < -0.3 is 4.57 Å². The molecule has 1 heterocycles. The number of nitrogens with zero attached hydrogens (tertiary/aromatic N) is 2. The van der Waals surface area contributed by atoms with Crippen molar-refractivity contribution in [1.82, 2.24) is 9.55 Å². The van der Waals surface area contributed by atoms with Gasteiger partial charge in [0.05, 0.1) is 5.69 Å². The summed E-state index contributed by atoms with van der Waals surface area (Å²) < 4.78 is 2.02. The highest BCUT2D eigenvalue weighted by Gasteiger charge is 2.12. The largest absolute Gasteiger partial charge is 0.303 e. The third-order valence-corrected chi connectivity index (χ3v) is 2.98. The van der Waals surface area contributed by atoms with Gasteiger partial charge in [0, 0.05) is 30.8 Å². The molecule has 0 atom stereocenters. The second-order valence-corrected chi connectivity index (χ2v) is 4.26. The summed E-state index contributed by atoms with van der Waals surface area (Å²) in [5.41, 5.74) is 1.71. The van der Waals surface area contributed by atoms with Crippen LogP contribution >= 0.6 is 0 Å². The molecule has 2 aromatic rings. The summed E-state index contributed by atoms with van der Waals surface area (Å²) in [4.78, 5) is 16.3. The van der Waals surface area contributed by atoms with Crippen LogP contribution in [-0.4, -0.2) is 15.3 Å². The fourth-order valence-corrected chi connectivity index (χ4v) is 2.07. The number of para-hydroxylation sites is 1. The number of ketones is 1. The molecule has 0 saturated carbocycles. The Morgan fingerprint density at radius 3 is 2.78 bits per heavy atom. The van der Waals surface area contributed by atoms with Crippen molar-refractivity contribution in [3.8, 4) is 5.69 Å². The number of benzene rings is 1. The average molecular weight is 242 g/mol. The molecule has 0 aliphatic carbocycles. The second kappa shape index (κ2) is 5.63. The summed E-state index contributed by atoms with van der Waals surface area (Å²) in [6.07, 6.45) is 6.20. The summed E-state index contributed by atoms with van der Waals surface area (Å²) in [5, 5.41) is 0. The number of aryl methyl sites for hydroxylation is 1. The predicted molar refractivity (Wildman–Crippen MR) is 72.2 cm³/mol. The molecule has 0 fully saturated rings. The number of rotatable bonds is 5. The Morgan fingerprint density at radius 1 is 1.28 bits per heavy atom. The number of hydrogen-bond acceptors (Lipinski definition) is 2. The van der Waals surface area contributed by atoms with Crippen LogP contribution in [0, 0.1) is 0 Å². The summed E-state index contributed by atoms with van der Waals surface area (Å²) in [5.74, 6) is 1.18. The van der Waals surface area contributed by atoms with Crippen LogP contribution in [0.25, 0.3) is 5.69 Å². The van der Waals surface area contributed by atoms with Gasteiger partial charge in [-0.3, -0.25) is 4.79 Å². The van der Waals surface area contributed by atoms with E-state index in [0.717, 1.165) is 29.9 Å². The molecular formula is C15H18N2O. The van der Waals surface area contributed by atoms with Crippen molar-refractivity contribution in [2.75, 3.05) is 0 Å². The van der Waals surface area contributed by atoms with Gasteiger partial charge in [0.2, 0.25) is 0 Å². The van der Waals surface area contributed by atoms with Crippen LogP contribution in [0.15, 0.2) is 36.7 Å². The Hall–Kier alpha value is -1.90. The molecule has 1 aromatic carbocycles. The lowest BCUT2D eigenvalue weighted by atomic mass is 10.1. The molecule has 0 aliphatic rings. The molecule has 0 bridgehead atoms. The van der Waals surface area contributed by atoms with E-state index in [-0.39, 0.29) is 5.78 Å². The molecule has 0 aliphatic heterocycles. The molecule has 94 valence electrons. The minimum absolute atomic E-state index is 0.168. The van der Waals surface area contributed by atoms with Gasteiger partial charge in [-0.15, -0.1) is 0 Å². The van der Waals surface area contributed by atoms with Crippen LogP contribution < -0.4 is 0 Å². The van der Waals surface area contributed by atoms with E-state index < -0.39 is 0 Å². The van der Waals surface area contributed by atoms with Crippen LogP contribution in [0.4, 0.5) is 0 Å². The van der Waals surface area contributed by atoms with Crippen molar-refractivity contribution < 1.29 is 4.79 Å². The molecule has 0 saturated heterocycles. The number of carbonyl (C=O) groups is 1. The first-order valence-corrected chi connectivity index (χ1v) is 6.42. The van der Waals surface area contributed by atoms with E-state index in [2.05, 4.69) is 11.9 Å². The van der Waals surface area contributed by atoms with Crippen LogP contribution in [0.1, 0.15) is 42.9 Å². The zero-order valence-corrected chi connectivity index (χ0v) is 10.9. The first-order valence-electron chi connectivity index (χ1n) is 6.42. The monoisotopic (exact) mass is 242 g/mol. The van der Waals surface area contributed by atoms with Crippen molar-refractivity contribution in [2.24, 2.45) is 0 Å². The van der Waals surface area contributed by atoms with Gasteiger partial charge in [-0.1, -0.05) is 26.0 Å². The van der Waals surface area contributed by atoms with E-state index in [0.29, 0.717) is 6.42 Å². The first-order chi connectivity index (χ1) is 8.77. The Morgan fingerprint density at radius 2 is 2.06 bits per heavy atom. The van der Waals surface area contributed by atoms with E-state index >= 15 is 0 Å². The Bertz CT molecular complexity index is 543. The van der Waals surface area contributed by atoms with Gasteiger partial charge in [0.15, 0.2) is 5.78 Å². The molecular weight excluding hydrogens is 224 g/mol. The van der Waals surface area contributed by atoms with Crippen LogP contribution in [0.5, 0.6) is 0 Å². The summed E-state index contributed by atoms with van der Waals surface area (Å²) in [6.45, 7) is 4.02. The van der Waals surface area contributed by atoms with E-state index in [1.807, 2.05) is 42.0 Å². The maximum atomic E-state index is 12.0. The number of imidazole rings is 1. The minimum atomic E-state index is 0.168. The summed E-state index contributed by atoms with van der Waals surface area (Å²) >= 11 is 0. The average Bonchev–Trinajstić information content (AvgIpc) is 2.86. The Kier molecular flexibility index (Phi) is 3.92. The number of hydrogen-bond donors (Lipinski definition) is 0. The molecule has 0 spiro atoms. The summed E-state index contributed by atoms with van der Waals surface area (Å²) in [6, 6.07) is 7.72. The molecule has 0 amide bonds. The number of aromatic nitrogens is 2. The van der Waals surface area contributed by atoms with Gasteiger partial charge >= 0.3 is 0 Å². The van der Waals surface area contributed by atoms with E-state index in [4.69, 9.17) is 0 Å². The quantitative estimate of drug-likeness (QED) is 0.753. The highest BCUT2D eigenvalue weighted by Crippen LogP contribution is 2.18. The minimum Gasteiger partial charge on any atom is -0.303 e. The topological polar surface area (TPSA) is 34.9 Å². The van der Waals surface area contributed by atoms with Gasteiger partial charge in [-0.2, -0.15) is 0 Å². The van der Waals surface area contributed by atoms with Crippen LogP contribution in [0.2, 0.25) is 0 Å². The fourth-order valence-electron chi connectivity index (χ4n) is 2.07. The van der Waals surface area contributed by atoms with Crippen molar-refractivity contribution in [3.05, 3.63) is 48.0 Å². The normalized spacial score (nSPS) is 10.6. The standard InChI is InChI=1S/C15H18N2O/c1-3-7-15-16-10-11-17(15)13-9-6-5-8-12(13)14(18)4-2/h5-6,8-11H,3-4,7H2,1-2H3. The molecule has 18 heavy (non-hydrogen) atoms. The lowest BCUT2D eigenvalue weighted by molar-refractivity contribution is 0.0988. The van der Waals surface area contributed by atoms with Gasteiger partial charge in [-0.25, -0.2) is 4.98 Å². The second-order valence-electron chi connectivity index (χ2n) is 4.26. The van der Waals surface area contributed by atoms with Crippen molar-refractivity contribution in [1.29, 1.82) is 0 Å². The summed E-state index contributed by atoms with van der Waals surface area (Å²) in [7, 11) is 0. The van der Waals surface area contributed by atoms with Gasteiger partial charge in [-0.05, 0) is 18.6 Å². The molecule has 0 radical (unpaired) electrons. The third-order valence-electron chi connectivity index (χ3n) is 2.98. The molecule has 1 aromatic heterocycles. The zero-order chi connectivity index (χ0) is 13.0. The van der Waals surface area contributed by atoms with E-state index in [1.54, 1.807) is 6.20 Å². The highest BCUT2D eigenvalue weighted by molar-refractivity contribution is 5.99. The SMILES string of the molecule is CCCc1nccn1-c1ccccc1C(=O)CC. The molecule has 3 heteroatoms. The number of Topliss-reactive ketones (excluding diaryl/α,β-unsaturated/α-hetero) is 1. The van der Waals surface area contributed by atoms with Gasteiger partial charge in [0.1, 0.15) is 5.82 Å². The van der Waals surface area contributed by atoms with Crippen molar-refractivity contribution in [2.45, 2.75) is 33.1 Å². The zero-order valence-electron chi connectivity index (χ0n) is 10.9. The maximum Gasteiger partial charge on any atom is 0.164 e. The maximum absolute atomic E-state index is 12.0. The third kappa shape index (κ3) is 2.35. The lowest BCUT2D eigenvalue weighted by Crippen LogP contribution is -2.07. The predicted octanol–water partition coefficient (Wildman–Crippen LogP) is 3.42. The van der Waals surface area contributed by atoms with E-state index in [9.17, 15) is 4.79 Å². The molecule has 0 unspecified atom stereocenters. The van der Waals surface area contributed by atoms with Crippen molar-refractivity contribution in [3.63, 3.8) is 0 Å². The van der Waals surface area contributed by atoms with Gasteiger partial charge in [0.25, 0.3) is 0 Å².